The summed E-state index contributed by atoms with van der Waals surface area (Å²) in [7, 11) is 0. The number of aliphatic carboxylic acids is 1. The zero-order valence-corrected chi connectivity index (χ0v) is 20.2. The molecule has 3 aromatic carbocycles. The monoisotopic (exact) mass is 504 g/mol. The summed E-state index contributed by atoms with van der Waals surface area (Å²) in [6, 6.07) is 10.3. The number of benzene rings is 3. The molecule has 4 rings (SSSR count). The van der Waals surface area contributed by atoms with E-state index in [1.54, 1.807) is 25.1 Å². The summed E-state index contributed by atoms with van der Waals surface area (Å²) in [5.74, 6) is -5.05. The quantitative estimate of drug-likeness (QED) is 0.353. The van der Waals surface area contributed by atoms with Crippen LogP contribution in [0.2, 0.25) is 5.02 Å². The summed E-state index contributed by atoms with van der Waals surface area (Å²) >= 11 is 6.29. The number of hydrogen-bond acceptors (Lipinski definition) is 3. The molecule has 0 bridgehead atoms. The lowest BCUT2D eigenvalue weighted by Gasteiger charge is -2.19. The molecule has 1 aliphatic rings. The highest BCUT2D eigenvalue weighted by Gasteiger charge is 2.32. The van der Waals surface area contributed by atoms with E-state index in [-0.39, 0.29) is 29.9 Å². The van der Waals surface area contributed by atoms with Crippen LogP contribution in [0.3, 0.4) is 0 Å². The van der Waals surface area contributed by atoms with E-state index < -0.39 is 34.9 Å². The first-order valence-electron chi connectivity index (χ1n) is 11.1. The lowest BCUT2D eigenvalue weighted by molar-refractivity contribution is -0.141. The van der Waals surface area contributed by atoms with E-state index in [4.69, 9.17) is 21.1 Å². The maximum atomic E-state index is 14.7. The second-order valence-electron chi connectivity index (χ2n) is 9.38. The summed E-state index contributed by atoms with van der Waals surface area (Å²) in [5, 5.41) is 9.76. The van der Waals surface area contributed by atoms with Gasteiger partial charge in [0, 0.05) is 28.1 Å². The van der Waals surface area contributed by atoms with Gasteiger partial charge in [-0.2, -0.15) is 0 Å². The number of carboxylic acids is 1. The molecule has 1 aliphatic heterocycles. The standard InChI is InChI=1S/C27H24ClF3O4/c1-14(26(32)33)8-15-4-7-22(20(9-15)19-5-6-21(29)24(31)23(19)30)34-13-17-11-18(28)10-16-12-27(2,3)35-25(16)17/h4-7,9-11,14H,8,12-13H2,1-3H3,(H,32,33). The second-order valence-corrected chi connectivity index (χ2v) is 9.81. The number of halogens is 4. The Labute approximate surface area is 206 Å². The van der Waals surface area contributed by atoms with Gasteiger partial charge in [-0.15, -0.1) is 0 Å². The van der Waals surface area contributed by atoms with Gasteiger partial charge in [0.15, 0.2) is 17.5 Å². The van der Waals surface area contributed by atoms with Crippen LogP contribution < -0.4 is 9.47 Å². The fourth-order valence-electron chi connectivity index (χ4n) is 4.22. The van der Waals surface area contributed by atoms with Crippen molar-refractivity contribution < 1.29 is 32.5 Å². The molecule has 1 N–H and O–H groups in total. The Morgan fingerprint density at radius 3 is 2.57 bits per heavy atom. The van der Waals surface area contributed by atoms with Gasteiger partial charge in [-0.25, -0.2) is 13.2 Å². The van der Waals surface area contributed by atoms with Gasteiger partial charge in [0.1, 0.15) is 23.7 Å². The first-order chi connectivity index (χ1) is 16.4. The van der Waals surface area contributed by atoms with Gasteiger partial charge in [-0.1, -0.05) is 24.6 Å². The van der Waals surface area contributed by atoms with E-state index >= 15 is 0 Å². The van der Waals surface area contributed by atoms with E-state index in [0.29, 0.717) is 28.3 Å². The molecule has 0 radical (unpaired) electrons. The van der Waals surface area contributed by atoms with Gasteiger partial charge in [0.25, 0.3) is 0 Å². The third-order valence-electron chi connectivity index (χ3n) is 5.92. The molecule has 0 saturated carbocycles. The van der Waals surface area contributed by atoms with Crippen molar-refractivity contribution >= 4 is 17.6 Å². The first kappa shape index (κ1) is 24.9. The predicted octanol–water partition coefficient (Wildman–Crippen LogP) is 6.98. The minimum Gasteiger partial charge on any atom is -0.488 e. The number of ether oxygens (including phenoxy) is 2. The van der Waals surface area contributed by atoms with E-state index in [0.717, 1.165) is 17.7 Å². The lowest BCUT2D eigenvalue weighted by atomic mass is 9.96. The molecule has 1 atom stereocenters. The molecule has 0 fully saturated rings. The van der Waals surface area contributed by atoms with Crippen molar-refractivity contribution in [1.29, 1.82) is 0 Å². The maximum absolute atomic E-state index is 14.7. The Kier molecular flexibility index (Phi) is 6.73. The summed E-state index contributed by atoms with van der Waals surface area (Å²) in [4.78, 5) is 11.3. The zero-order valence-electron chi connectivity index (χ0n) is 19.4. The normalized spacial score (nSPS) is 14.8. The highest BCUT2D eigenvalue weighted by Crippen LogP contribution is 2.41. The van der Waals surface area contributed by atoms with Gasteiger partial charge in [0.05, 0.1) is 5.92 Å². The molecule has 184 valence electrons. The molecule has 3 aromatic rings. The van der Waals surface area contributed by atoms with Crippen molar-refractivity contribution in [3.05, 3.63) is 81.6 Å². The summed E-state index contributed by atoms with van der Waals surface area (Å²) in [6.45, 7) is 5.51. The van der Waals surface area contributed by atoms with Crippen LogP contribution in [0.15, 0.2) is 42.5 Å². The van der Waals surface area contributed by atoms with Gasteiger partial charge < -0.3 is 14.6 Å². The second kappa shape index (κ2) is 9.46. The lowest BCUT2D eigenvalue weighted by Crippen LogP contribution is -2.25. The molecule has 35 heavy (non-hydrogen) atoms. The summed E-state index contributed by atoms with van der Waals surface area (Å²) in [6.07, 6.45) is 0.844. The SMILES string of the molecule is CC(Cc1ccc(OCc2cc(Cl)cc3c2OC(C)(C)C3)c(-c2ccc(F)c(F)c2F)c1)C(=O)O. The van der Waals surface area contributed by atoms with Crippen LogP contribution in [-0.4, -0.2) is 16.7 Å². The molecule has 0 aliphatic carbocycles. The first-order valence-corrected chi connectivity index (χ1v) is 11.5. The van der Waals surface area contributed by atoms with Crippen molar-refractivity contribution in [3.63, 3.8) is 0 Å². The Bertz CT molecular complexity index is 1310. The number of carboxylic acid groups (broad SMARTS) is 1. The Balaban J connectivity index is 1.72. The predicted molar refractivity (Wildman–Crippen MR) is 126 cm³/mol. The zero-order chi connectivity index (χ0) is 25.5. The molecular formula is C27H24ClF3O4. The van der Waals surface area contributed by atoms with Crippen LogP contribution in [0.5, 0.6) is 11.5 Å². The Morgan fingerprint density at radius 1 is 1.11 bits per heavy atom. The largest absolute Gasteiger partial charge is 0.488 e. The average Bonchev–Trinajstić information content (AvgIpc) is 3.10. The highest BCUT2D eigenvalue weighted by atomic mass is 35.5. The Morgan fingerprint density at radius 2 is 1.86 bits per heavy atom. The van der Waals surface area contributed by atoms with Crippen LogP contribution in [0.1, 0.15) is 37.5 Å². The molecule has 8 heteroatoms. The fraction of sp³-hybridized carbons (Fsp3) is 0.296. The molecule has 1 unspecified atom stereocenters. The molecule has 4 nitrogen and oxygen atoms in total. The van der Waals surface area contributed by atoms with E-state index in [1.165, 1.54) is 6.07 Å². The van der Waals surface area contributed by atoms with Crippen LogP contribution in [-0.2, 0) is 24.2 Å². The fourth-order valence-corrected chi connectivity index (χ4v) is 4.49. The smallest absolute Gasteiger partial charge is 0.306 e. The topological polar surface area (TPSA) is 55.8 Å². The summed E-state index contributed by atoms with van der Waals surface area (Å²) < 4.78 is 54.4. The van der Waals surface area contributed by atoms with Crippen LogP contribution in [0.25, 0.3) is 11.1 Å². The molecular weight excluding hydrogens is 481 g/mol. The van der Waals surface area contributed by atoms with Gasteiger partial charge >= 0.3 is 5.97 Å². The number of carbonyl (C=O) groups is 1. The number of rotatable bonds is 7. The minimum atomic E-state index is -1.60. The highest BCUT2D eigenvalue weighted by molar-refractivity contribution is 6.30. The van der Waals surface area contributed by atoms with Crippen LogP contribution in [0.4, 0.5) is 13.2 Å². The Hall–Kier alpha value is -3.19. The van der Waals surface area contributed by atoms with Gasteiger partial charge in [-0.3, -0.25) is 4.79 Å². The number of fused-ring (bicyclic) bond motifs is 1. The molecule has 0 saturated heterocycles. The minimum absolute atomic E-state index is 0.0299. The van der Waals surface area contributed by atoms with E-state index in [2.05, 4.69) is 0 Å². The average molecular weight is 505 g/mol. The third kappa shape index (κ3) is 5.25. The molecule has 0 spiro atoms. The third-order valence-corrected chi connectivity index (χ3v) is 6.14. The molecule has 0 amide bonds. The van der Waals surface area contributed by atoms with Crippen molar-refractivity contribution in [2.45, 2.75) is 45.8 Å². The van der Waals surface area contributed by atoms with E-state index in [9.17, 15) is 23.1 Å². The van der Waals surface area contributed by atoms with Crippen LogP contribution >= 0.6 is 11.6 Å². The van der Waals surface area contributed by atoms with Gasteiger partial charge in [-0.05, 0) is 67.8 Å². The van der Waals surface area contributed by atoms with Crippen molar-refractivity contribution in [3.8, 4) is 22.6 Å². The number of hydrogen-bond donors (Lipinski definition) is 1. The van der Waals surface area contributed by atoms with Crippen molar-refractivity contribution in [1.82, 2.24) is 0 Å². The molecule has 0 aromatic heterocycles. The van der Waals surface area contributed by atoms with Crippen molar-refractivity contribution in [2.24, 2.45) is 5.92 Å². The maximum Gasteiger partial charge on any atom is 0.306 e. The van der Waals surface area contributed by atoms with E-state index in [1.807, 2.05) is 19.9 Å². The van der Waals surface area contributed by atoms with Gasteiger partial charge in [0.2, 0.25) is 0 Å². The van der Waals surface area contributed by atoms with Crippen LogP contribution in [0, 0.1) is 23.4 Å². The van der Waals surface area contributed by atoms with Crippen molar-refractivity contribution in [2.75, 3.05) is 0 Å². The summed E-state index contributed by atoms with van der Waals surface area (Å²) in [5.41, 5.74) is 1.81. The molecule has 1 heterocycles.